The number of carbonyl (C=O) groups is 1. The molecule has 9 nitrogen and oxygen atoms in total. The fraction of sp³-hybridized carbons (Fsp3) is 0.241. The number of ether oxygens (including phenoxy) is 3. The molecule has 5 rings (SSSR count). The molecule has 1 aromatic heterocycles. The van der Waals surface area contributed by atoms with Crippen molar-refractivity contribution in [2.75, 3.05) is 33.3 Å². The maximum atomic E-state index is 13.0. The molecule has 1 saturated heterocycles. The predicted molar refractivity (Wildman–Crippen MR) is 142 cm³/mol. The molecule has 0 spiro atoms. The third-order valence-corrected chi connectivity index (χ3v) is 6.66. The summed E-state index contributed by atoms with van der Waals surface area (Å²) in [5.41, 5.74) is 0.867. The minimum Gasteiger partial charge on any atom is -0.507 e. The average molecular weight is 571 g/mol. The SMILES string of the molecule is COc1cc(O)c2c(=O)c(-c3ccc(OC(=O)N4CCN(Cc5ccccc5OC(F)(F)F)CC4)cc3)coc2c1. The Morgan fingerprint density at radius 1 is 1.00 bits per heavy atom. The summed E-state index contributed by atoms with van der Waals surface area (Å²) in [7, 11) is 1.43. The molecule has 4 aromatic rings. The third-order valence-electron chi connectivity index (χ3n) is 6.66. The fourth-order valence-electron chi connectivity index (χ4n) is 4.58. The van der Waals surface area contributed by atoms with Gasteiger partial charge in [0.1, 0.15) is 40.2 Å². The van der Waals surface area contributed by atoms with Gasteiger partial charge in [0.15, 0.2) is 0 Å². The lowest BCUT2D eigenvalue weighted by atomic mass is 10.0. The minimum absolute atomic E-state index is 0.0225. The highest BCUT2D eigenvalue weighted by Gasteiger charge is 2.32. The second kappa shape index (κ2) is 11.4. The van der Waals surface area contributed by atoms with E-state index in [4.69, 9.17) is 13.9 Å². The van der Waals surface area contributed by atoms with E-state index in [-0.39, 0.29) is 40.3 Å². The number of hydrogen-bond acceptors (Lipinski definition) is 8. The zero-order valence-electron chi connectivity index (χ0n) is 21.8. The highest BCUT2D eigenvalue weighted by atomic mass is 19.4. The minimum atomic E-state index is -4.78. The van der Waals surface area contributed by atoms with Crippen LogP contribution in [0.25, 0.3) is 22.1 Å². The van der Waals surface area contributed by atoms with Gasteiger partial charge in [-0.05, 0) is 23.8 Å². The molecule has 1 N–H and O–H groups in total. The van der Waals surface area contributed by atoms with Gasteiger partial charge in [-0.3, -0.25) is 9.69 Å². The van der Waals surface area contributed by atoms with Crippen molar-refractivity contribution in [1.29, 1.82) is 0 Å². The van der Waals surface area contributed by atoms with E-state index in [1.165, 1.54) is 42.5 Å². The molecule has 1 aliphatic heterocycles. The molecule has 12 heteroatoms. The van der Waals surface area contributed by atoms with Crippen LogP contribution in [0.4, 0.5) is 18.0 Å². The maximum absolute atomic E-state index is 13.0. The van der Waals surface area contributed by atoms with Gasteiger partial charge < -0.3 is 28.6 Å². The second-order valence-corrected chi connectivity index (χ2v) is 9.31. The van der Waals surface area contributed by atoms with E-state index in [2.05, 4.69) is 4.74 Å². The van der Waals surface area contributed by atoms with Crippen molar-refractivity contribution >= 4 is 17.1 Å². The summed E-state index contributed by atoms with van der Waals surface area (Å²) in [4.78, 5) is 29.2. The number of amides is 1. The number of piperazine rings is 1. The lowest BCUT2D eigenvalue weighted by Crippen LogP contribution is -2.49. The Labute approximate surface area is 231 Å². The van der Waals surface area contributed by atoms with Crippen LogP contribution in [0.3, 0.4) is 0 Å². The lowest BCUT2D eigenvalue weighted by molar-refractivity contribution is -0.275. The molecule has 0 aliphatic carbocycles. The van der Waals surface area contributed by atoms with E-state index in [1.807, 2.05) is 4.90 Å². The van der Waals surface area contributed by atoms with E-state index in [0.29, 0.717) is 43.1 Å². The number of para-hydroxylation sites is 1. The van der Waals surface area contributed by atoms with Gasteiger partial charge in [-0.1, -0.05) is 30.3 Å². The maximum Gasteiger partial charge on any atom is 0.573 e. The molecule has 2 heterocycles. The topological polar surface area (TPSA) is 102 Å². The van der Waals surface area contributed by atoms with Crippen molar-refractivity contribution in [2.45, 2.75) is 12.9 Å². The summed E-state index contributed by atoms with van der Waals surface area (Å²) >= 11 is 0. The van der Waals surface area contributed by atoms with Crippen molar-refractivity contribution in [3.8, 4) is 34.1 Å². The molecule has 0 bridgehead atoms. The number of methoxy groups -OCH3 is 1. The Bertz CT molecular complexity index is 1610. The first kappa shape index (κ1) is 27.8. The van der Waals surface area contributed by atoms with E-state index in [9.17, 15) is 27.9 Å². The molecule has 0 unspecified atom stereocenters. The number of aromatic hydroxyl groups is 1. The molecule has 0 atom stereocenters. The first-order valence-electron chi connectivity index (χ1n) is 12.6. The Morgan fingerprint density at radius 2 is 1.71 bits per heavy atom. The van der Waals surface area contributed by atoms with Crippen LogP contribution in [0, 0.1) is 0 Å². The smallest absolute Gasteiger partial charge is 0.507 e. The summed E-state index contributed by atoms with van der Waals surface area (Å²) in [6.45, 7) is 1.76. The van der Waals surface area contributed by atoms with Crippen LogP contribution in [-0.2, 0) is 6.54 Å². The number of rotatable bonds is 6. The second-order valence-electron chi connectivity index (χ2n) is 9.31. The lowest BCUT2D eigenvalue weighted by Gasteiger charge is -2.34. The number of alkyl halides is 3. The molecule has 0 saturated carbocycles. The number of phenols is 1. The number of halogens is 3. The quantitative estimate of drug-likeness (QED) is 0.329. The predicted octanol–water partition coefficient (Wildman–Crippen LogP) is 5.39. The van der Waals surface area contributed by atoms with Crippen molar-refractivity contribution < 1.29 is 41.7 Å². The number of benzene rings is 3. The number of hydrogen-bond donors (Lipinski definition) is 1. The van der Waals surface area contributed by atoms with Crippen molar-refractivity contribution in [2.24, 2.45) is 0 Å². The van der Waals surface area contributed by atoms with Crippen LogP contribution in [0.1, 0.15) is 5.56 Å². The van der Waals surface area contributed by atoms with Crippen molar-refractivity contribution in [1.82, 2.24) is 9.80 Å². The molecule has 0 radical (unpaired) electrons. The Hall–Kier alpha value is -4.71. The van der Waals surface area contributed by atoms with Gasteiger partial charge in [-0.15, -0.1) is 13.2 Å². The normalized spacial score (nSPS) is 14.2. The molecule has 1 amide bonds. The molecular formula is C29H25F3N2O7. The molecule has 41 heavy (non-hydrogen) atoms. The summed E-state index contributed by atoms with van der Waals surface area (Å²) in [5.74, 6) is 0.0970. The summed E-state index contributed by atoms with van der Waals surface area (Å²) < 4.78 is 58.4. The van der Waals surface area contributed by atoms with E-state index in [0.717, 1.165) is 0 Å². The molecule has 1 fully saturated rings. The number of phenolic OH excluding ortho intramolecular Hbond substituents is 1. The standard InChI is InChI=1S/C29H25F3N2O7/c1-38-21-14-23(35)26-25(15-21)39-17-22(27(26)36)18-6-8-20(9-7-18)40-28(37)34-12-10-33(11-13-34)16-19-4-2-3-5-24(19)41-29(30,31)32/h2-9,14-15,17,35H,10-13,16H2,1H3. The van der Waals surface area contributed by atoms with Gasteiger partial charge in [0, 0.05) is 50.4 Å². The van der Waals surface area contributed by atoms with Gasteiger partial charge >= 0.3 is 12.5 Å². The Kier molecular flexibility index (Phi) is 7.75. The highest BCUT2D eigenvalue weighted by molar-refractivity contribution is 5.88. The van der Waals surface area contributed by atoms with Gasteiger partial charge in [-0.25, -0.2) is 4.79 Å². The van der Waals surface area contributed by atoms with Crippen LogP contribution >= 0.6 is 0 Å². The van der Waals surface area contributed by atoms with E-state index < -0.39 is 17.9 Å². The van der Waals surface area contributed by atoms with Crippen molar-refractivity contribution in [3.63, 3.8) is 0 Å². The molecule has 214 valence electrons. The molecule has 1 aliphatic rings. The Morgan fingerprint density at radius 3 is 2.39 bits per heavy atom. The van der Waals surface area contributed by atoms with Gasteiger partial charge in [0.25, 0.3) is 0 Å². The zero-order valence-corrected chi connectivity index (χ0v) is 21.8. The molecular weight excluding hydrogens is 545 g/mol. The van der Waals surface area contributed by atoms with Crippen LogP contribution in [0.15, 0.2) is 76.1 Å². The first-order chi connectivity index (χ1) is 19.6. The number of nitrogens with zero attached hydrogens (tertiary/aromatic N) is 2. The van der Waals surface area contributed by atoms with Gasteiger partial charge in [0.05, 0.1) is 12.7 Å². The fourth-order valence-corrected chi connectivity index (χ4v) is 4.58. The molecule has 3 aromatic carbocycles. The first-order valence-corrected chi connectivity index (χ1v) is 12.6. The highest BCUT2D eigenvalue weighted by Crippen LogP contribution is 2.31. The number of carbonyl (C=O) groups excluding carboxylic acids is 1. The van der Waals surface area contributed by atoms with E-state index in [1.54, 1.807) is 36.4 Å². The number of fused-ring (bicyclic) bond motifs is 1. The zero-order chi connectivity index (χ0) is 29.1. The van der Waals surface area contributed by atoms with Crippen LogP contribution < -0.4 is 19.6 Å². The monoisotopic (exact) mass is 570 g/mol. The van der Waals surface area contributed by atoms with Crippen LogP contribution in [0.2, 0.25) is 0 Å². The van der Waals surface area contributed by atoms with E-state index >= 15 is 0 Å². The average Bonchev–Trinajstić information content (AvgIpc) is 2.94. The third kappa shape index (κ3) is 6.38. The van der Waals surface area contributed by atoms with Crippen LogP contribution in [0.5, 0.6) is 23.0 Å². The van der Waals surface area contributed by atoms with Crippen molar-refractivity contribution in [3.05, 3.63) is 82.7 Å². The van der Waals surface area contributed by atoms with Crippen LogP contribution in [-0.4, -0.2) is 60.7 Å². The van der Waals surface area contributed by atoms with Gasteiger partial charge in [0.2, 0.25) is 5.43 Å². The summed E-state index contributed by atoms with van der Waals surface area (Å²) in [6, 6.07) is 15.1. The Balaban J connectivity index is 1.20. The summed E-state index contributed by atoms with van der Waals surface area (Å²) in [6.07, 6.45) is -4.06. The largest absolute Gasteiger partial charge is 0.573 e. The van der Waals surface area contributed by atoms with Gasteiger partial charge in [-0.2, -0.15) is 0 Å². The summed E-state index contributed by atoms with van der Waals surface area (Å²) in [5, 5.41) is 10.3.